The average Bonchev–Trinajstić information content (AvgIpc) is 2.44. The van der Waals surface area contributed by atoms with Gasteiger partial charge in [-0.2, -0.15) is 0 Å². The Labute approximate surface area is 110 Å². The SMILES string of the molecule is Fc1c(C2CCCCN2)cc2c(c1Cl)OCCO2. The van der Waals surface area contributed by atoms with Crippen LogP contribution in [0.25, 0.3) is 0 Å². The number of hydrogen-bond acceptors (Lipinski definition) is 3. The molecule has 0 amide bonds. The first-order valence-corrected chi connectivity index (χ1v) is 6.66. The van der Waals surface area contributed by atoms with Crippen LogP contribution in [-0.4, -0.2) is 19.8 Å². The molecule has 98 valence electrons. The lowest BCUT2D eigenvalue weighted by molar-refractivity contribution is 0.170. The highest BCUT2D eigenvalue weighted by Gasteiger charge is 2.26. The van der Waals surface area contributed by atoms with Crippen molar-refractivity contribution in [3.8, 4) is 11.5 Å². The van der Waals surface area contributed by atoms with Gasteiger partial charge in [0.2, 0.25) is 0 Å². The smallest absolute Gasteiger partial charge is 0.182 e. The van der Waals surface area contributed by atoms with Crippen LogP contribution in [-0.2, 0) is 0 Å². The summed E-state index contributed by atoms with van der Waals surface area (Å²) in [5.41, 5.74) is 0.587. The van der Waals surface area contributed by atoms with Crippen molar-refractivity contribution in [2.24, 2.45) is 0 Å². The first kappa shape index (κ1) is 12.1. The molecule has 0 spiro atoms. The van der Waals surface area contributed by atoms with Crippen LogP contribution in [0.2, 0.25) is 5.02 Å². The number of fused-ring (bicyclic) bond motifs is 1. The van der Waals surface area contributed by atoms with Gasteiger partial charge in [-0.15, -0.1) is 0 Å². The number of piperidine rings is 1. The van der Waals surface area contributed by atoms with E-state index in [0.29, 0.717) is 30.3 Å². The molecule has 1 fully saturated rings. The van der Waals surface area contributed by atoms with Crippen LogP contribution in [0.3, 0.4) is 0 Å². The number of halogens is 2. The third-order valence-corrected chi connectivity index (χ3v) is 3.77. The molecule has 0 aliphatic carbocycles. The van der Waals surface area contributed by atoms with Crippen molar-refractivity contribution in [3.63, 3.8) is 0 Å². The molecule has 1 atom stereocenters. The quantitative estimate of drug-likeness (QED) is 0.852. The number of nitrogens with one attached hydrogen (secondary N) is 1. The van der Waals surface area contributed by atoms with Crippen molar-refractivity contribution in [2.45, 2.75) is 25.3 Å². The molecule has 0 radical (unpaired) electrons. The predicted molar refractivity (Wildman–Crippen MR) is 67.0 cm³/mol. The lowest BCUT2D eigenvalue weighted by Gasteiger charge is -2.27. The Morgan fingerprint density at radius 3 is 2.89 bits per heavy atom. The first-order valence-electron chi connectivity index (χ1n) is 6.28. The van der Waals surface area contributed by atoms with E-state index in [9.17, 15) is 4.39 Å². The fourth-order valence-electron chi connectivity index (χ4n) is 2.51. The zero-order valence-electron chi connectivity index (χ0n) is 9.97. The summed E-state index contributed by atoms with van der Waals surface area (Å²) in [4.78, 5) is 0. The molecule has 2 heterocycles. The van der Waals surface area contributed by atoms with Crippen molar-refractivity contribution >= 4 is 11.6 Å². The second kappa shape index (κ2) is 4.94. The van der Waals surface area contributed by atoms with Gasteiger partial charge >= 0.3 is 0 Å². The van der Waals surface area contributed by atoms with Gasteiger partial charge in [0.25, 0.3) is 0 Å². The van der Waals surface area contributed by atoms with Crippen LogP contribution >= 0.6 is 11.6 Å². The van der Waals surface area contributed by atoms with E-state index in [1.165, 1.54) is 0 Å². The van der Waals surface area contributed by atoms with E-state index < -0.39 is 0 Å². The van der Waals surface area contributed by atoms with Gasteiger partial charge in [0.1, 0.15) is 18.2 Å². The summed E-state index contributed by atoms with van der Waals surface area (Å²) in [7, 11) is 0. The zero-order valence-corrected chi connectivity index (χ0v) is 10.7. The van der Waals surface area contributed by atoms with Crippen molar-refractivity contribution < 1.29 is 13.9 Å². The molecule has 0 bridgehead atoms. The van der Waals surface area contributed by atoms with Crippen molar-refractivity contribution in [1.82, 2.24) is 5.32 Å². The van der Waals surface area contributed by atoms with E-state index in [2.05, 4.69) is 5.32 Å². The fourth-order valence-corrected chi connectivity index (χ4v) is 2.77. The minimum Gasteiger partial charge on any atom is -0.486 e. The topological polar surface area (TPSA) is 30.5 Å². The van der Waals surface area contributed by atoms with Gasteiger partial charge in [0, 0.05) is 11.6 Å². The zero-order chi connectivity index (χ0) is 12.5. The number of hydrogen-bond donors (Lipinski definition) is 1. The molecule has 0 aromatic heterocycles. The minimum absolute atomic E-state index is 0.0204. The molecule has 18 heavy (non-hydrogen) atoms. The molecule has 0 saturated carbocycles. The summed E-state index contributed by atoms with van der Waals surface area (Å²) in [5, 5.41) is 3.35. The molecular formula is C13H15ClFNO2. The van der Waals surface area contributed by atoms with Gasteiger partial charge in [-0.25, -0.2) is 4.39 Å². The number of ether oxygens (including phenoxy) is 2. The summed E-state index contributed by atoms with van der Waals surface area (Å²) in [5.74, 6) is 0.496. The Hall–Kier alpha value is -1.00. The molecule has 1 N–H and O–H groups in total. The maximum Gasteiger partial charge on any atom is 0.182 e. The molecular weight excluding hydrogens is 257 g/mol. The Bertz CT molecular complexity index is 461. The van der Waals surface area contributed by atoms with Crippen molar-refractivity contribution in [2.75, 3.05) is 19.8 Å². The lowest BCUT2D eigenvalue weighted by Crippen LogP contribution is -2.28. The van der Waals surface area contributed by atoms with Crippen LogP contribution < -0.4 is 14.8 Å². The summed E-state index contributed by atoms with van der Waals surface area (Å²) in [6, 6.07) is 1.74. The van der Waals surface area contributed by atoms with Gasteiger partial charge in [0.15, 0.2) is 17.3 Å². The molecule has 2 aliphatic rings. The van der Waals surface area contributed by atoms with Gasteiger partial charge in [-0.05, 0) is 25.5 Å². The Kier molecular flexibility index (Phi) is 3.31. The van der Waals surface area contributed by atoms with Crippen LogP contribution in [0.5, 0.6) is 11.5 Å². The Morgan fingerprint density at radius 2 is 2.11 bits per heavy atom. The van der Waals surface area contributed by atoms with Crippen molar-refractivity contribution in [1.29, 1.82) is 0 Å². The van der Waals surface area contributed by atoms with Crippen LogP contribution in [0.15, 0.2) is 6.07 Å². The Balaban J connectivity index is 2.01. The van der Waals surface area contributed by atoms with Gasteiger partial charge < -0.3 is 14.8 Å². The maximum atomic E-state index is 14.3. The molecule has 3 rings (SSSR count). The maximum absolute atomic E-state index is 14.3. The highest BCUT2D eigenvalue weighted by Crippen LogP contribution is 2.43. The molecule has 1 saturated heterocycles. The monoisotopic (exact) mass is 271 g/mol. The van der Waals surface area contributed by atoms with E-state index in [1.807, 2.05) is 0 Å². The van der Waals surface area contributed by atoms with E-state index >= 15 is 0 Å². The number of rotatable bonds is 1. The van der Waals surface area contributed by atoms with E-state index in [0.717, 1.165) is 25.8 Å². The van der Waals surface area contributed by atoms with Gasteiger partial charge in [-0.1, -0.05) is 18.0 Å². The lowest BCUT2D eigenvalue weighted by atomic mass is 9.96. The fraction of sp³-hybridized carbons (Fsp3) is 0.538. The van der Waals surface area contributed by atoms with Gasteiger partial charge in [0.05, 0.1) is 0 Å². The van der Waals surface area contributed by atoms with Crippen LogP contribution in [0.4, 0.5) is 4.39 Å². The molecule has 2 aliphatic heterocycles. The predicted octanol–water partition coefficient (Wildman–Crippen LogP) is 3.06. The van der Waals surface area contributed by atoms with Gasteiger partial charge in [-0.3, -0.25) is 0 Å². The summed E-state index contributed by atoms with van der Waals surface area (Å²) < 4.78 is 25.1. The summed E-state index contributed by atoms with van der Waals surface area (Å²) in [6.07, 6.45) is 3.16. The molecule has 1 aromatic rings. The second-order valence-electron chi connectivity index (χ2n) is 4.62. The molecule has 5 heteroatoms. The first-order chi connectivity index (χ1) is 8.77. The average molecular weight is 272 g/mol. The highest BCUT2D eigenvalue weighted by molar-refractivity contribution is 6.32. The van der Waals surface area contributed by atoms with Crippen molar-refractivity contribution in [3.05, 3.63) is 22.5 Å². The third kappa shape index (κ3) is 2.04. The number of benzene rings is 1. The largest absolute Gasteiger partial charge is 0.486 e. The Morgan fingerprint density at radius 1 is 1.28 bits per heavy atom. The molecule has 1 unspecified atom stereocenters. The van der Waals surface area contributed by atoms with E-state index in [4.69, 9.17) is 21.1 Å². The summed E-state index contributed by atoms with van der Waals surface area (Å²) >= 11 is 6.03. The highest BCUT2D eigenvalue weighted by atomic mass is 35.5. The third-order valence-electron chi connectivity index (χ3n) is 3.43. The van der Waals surface area contributed by atoms with E-state index in [-0.39, 0.29) is 16.9 Å². The van der Waals surface area contributed by atoms with Crippen LogP contribution in [0, 0.1) is 5.82 Å². The standard InChI is InChI=1S/C13H15ClFNO2/c14-11-12(15)8(9-3-1-2-4-16-9)7-10-13(11)18-6-5-17-10/h7,9,16H,1-6H2. The van der Waals surface area contributed by atoms with Crippen LogP contribution in [0.1, 0.15) is 30.9 Å². The molecule has 3 nitrogen and oxygen atoms in total. The minimum atomic E-state index is -0.389. The van der Waals surface area contributed by atoms with E-state index in [1.54, 1.807) is 6.07 Å². The second-order valence-corrected chi connectivity index (χ2v) is 5.00. The summed E-state index contributed by atoms with van der Waals surface area (Å²) in [6.45, 7) is 1.80. The normalized spacial score (nSPS) is 22.9. The molecule has 1 aromatic carbocycles.